The zero-order valence-electron chi connectivity index (χ0n) is 16.8. The monoisotopic (exact) mass is 424 g/mol. The minimum absolute atomic E-state index is 0.111. The van der Waals surface area contributed by atoms with Crippen molar-refractivity contribution in [2.45, 2.75) is 64.3 Å². The number of rotatable bonds is 8. The summed E-state index contributed by atoms with van der Waals surface area (Å²) in [6, 6.07) is 0.365. The van der Waals surface area contributed by atoms with E-state index in [1.54, 1.807) is 6.33 Å². The van der Waals surface area contributed by atoms with Crippen molar-refractivity contribution >= 4 is 25.6 Å². The smallest absolute Gasteiger partial charge is 0.253 e. The lowest BCUT2D eigenvalue weighted by Crippen LogP contribution is -2.23. The Morgan fingerprint density at radius 2 is 2.17 bits per heavy atom. The summed E-state index contributed by atoms with van der Waals surface area (Å²) in [7, 11) is -1.63. The van der Waals surface area contributed by atoms with Crippen molar-refractivity contribution in [1.29, 1.82) is 0 Å². The van der Waals surface area contributed by atoms with Gasteiger partial charge in [-0.3, -0.25) is 4.57 Å². The minimum Gasteiger partial charge on any atom is -0.476 e. The van der Waals surface area contributed by atoms with Crippen LogP contribution in [0.4, 0.5) is 5.95 Å². The summed E-state index contributed by atoms with van der Waals surface area (Å²) in [6.07, 6.45) is 6.77. The van der Waals surface area contributed by atoms with E-state index >= 15 is 0 Å². The highest BCUT2D eigenvalue weighted by molar-refractivity contribution is 7.43. The summed E-state index contributed by atoms with van der Waals surface area (Å²) in [6.45, 7) is 4.80. The lowest BCUT2D eigenvalue weighted by molar-refractivity contribution is -0.0252. The second-order valence-electron chi connectivity index (χ2n) is 7.68. The molecular formula is C18H29N6O4P. The van der Waals surface area contributed by atoms with E-state index in [9.17, 15) is 4.89 Å². The lowest BCUT2D eigenvalue weighted by atomic mass is 10.1. The Balaban J connectivity index is 1.41. The molecule has 0 aromatic carbocycles. The molecule has 3 heterocycles. The van der Waals surface area contributed by atoms with Gasteiger partial charge in [0.25, 0.3) is 8.53 Å². The molecule has 1 saturated carbocycles. The number of nitrogens with one attached hydrogen (secondary N) is 1. The number of hydrogen-bond donors (Lipinski definition) is 3. The van der Waals surface area contributed by atoms with Crippen LogP contribution in [0.1, 0.15) is 52.2 Å². The molecule has 4 N–H and O–H groups in total. The molecule has 29 heavy (non-hydrogen) atoms. The Bertz CT molecular complexity index is 830. The summed E-state index contributed by atoms with van der Waals surface area (Å²) in [5.74, 6) is 0.737. The van der Waals surface area contributed by atoms with Crippen LogP contribution in [0.15, 0.2) is 6.33 Å². The Morgan fingerprint density at radius 3 is 2.93 bits per heavy atom. The highest BCUT2D eigenvalue weighted by atomic mass is 31.2. The fourth-order valence-electron chi connectivity index (χ4n) is 4.10. The van der Waals surface area contributed by atoms with E-state index in [1.165, 1.54) is 12.8 Å². The average Bonchev–Trinajstić information content (AvgIpc) is 3.40. The first kappa shape index (κ1) is 20.7. The van der Waals surface area contributed by atoms with E-state index in [2.05, 4.69) is 27.0 Å². The van der Waals surface area contributed by atoms with Crippen molar-refractivity contribution in [2.24, 2.45) is 5.92 Å². The number of nitrogens with two attached hydrogens (primary N) is 1. The SMILES string of the molecule is CCOc1nc(N)nc2c1ncn2C1OC(COP(O)NC2CCCC2)CC1C. The van der Waals surface area contributed by atoms with Crippen molar-refractivity contribution in [3.8, 4) is 5.88 Å². The van der Waals surface area contributed by atoms with E-state index < -0.39 is 8.53 Å². The summed E-state index contributed by atoms with van der Waals surface area (Å²) in [4.78, 5) is 23.0. The third kappa shape index (κ3) is 4.62. The van der Waals surface area contributed by atoms with Gasteiger partial charge in [0, 0.05) is 12.0 Å². The zero-order valence-corrected chi connectivity index (χ0v) is 17.7. The molecule has 2 aromatic rings. The molecule has 4 rings (SSSR count). The van der Waals surface area contributed by atoms with Gasteiger partial charge in [0.2, 0.25) is 11.8 Å². The van der Waals surface area contributed by atoms with Crippen LogP contribution in [0.2, 0.25) is 0 Å². The predicted octanol–water partition coefficient (Wildman–Crippen LogP) is 2.50. The first-order chi connectivity index (χ1) is 14.0. The molecule has 0 radical (unpaired) electrons. The number of anilines is 1. The third-order valence-corrected chi connectivity index (χ3v) is 6.43. The van der Waals surface area contributed by atoms with Gasteiger partial charge in [-0.2, -0.15) is 9.97 Å². The lowest BCUT2D eigenvalue weighted by Gasteiger charge is -2.20. The number of aromatic nitrogens is 4. The second-order valence-corrected chi connectivity index (χ2v) is 8.75. The molecule has 4 atom stereocenters. The molecule has 2 aromatic heterocycles. The van der Waals surface area contributed by atoms with Gasteiger partial charge in [-0.25, -0.2) is 10.1 Å². The van der Waals surface area contributed by atoms with Gasteiger partial charge in [-0.15, -0.1) is 0 Å². The van der Waals surface area contributed by atoms with Gasteiger partial charge >= 0.3 is 0 Å². The van der Waals surface area contributed by atoms with E-state index in [-0.39, 0.29) is 24.2 Å². The van der Waals surface area contributed by atoms with Crippen LogP contribution in [0.5, 0.6) is 5.88 Å². The number of imidazole rings is 1. The van der Waals surface area contributed by atoms with Crippen LogP contribution in [0.25, 0.3) is 11.2 Å². The highest BCUT2D eigenvalue weighted by Gasteiger charge is 2.35. The van der Waals surface area contributed by atoms with Crippen LogP contribution in [-0.4, -0.2) is 49.8 Å². The Morgan fingerprint density at radius 1 is 1.38 bits per heavy atom. The molecule has 0 spiro atoms. The second kappa shape index (κ2) is 9.06. The van der Waals surface area contributed by atoms with Gasteiger partial charge in [0.05, 0.1) is 25.6 Å². The summed E-state index contributed by atoms with van der Waals surface area (Å²) in [5, 5.41) is 3.18. The molecule has 2 aliphatic rings. The number of fused-ring (bicyclic) bond motifs is 1. The molecule has 11 heteroatoms. The maximum atomic E-state index is 10.2. The third-order valence-electron chi connectivity index (χ3n) is 5.45. The van der Waals surface area contributed by atoms with Crippen molar-refractivity contribution in [3.05, 3.63) is 6.33 Å². The van der Waals surface area contributed by atoms with Crippen molar-refractivity contribution in [3.63, 3.8) is 0 Å². The Hall–Kier alpha value is -1.58. The van der Waals surface area contributed by atoms with E-state index in [0.29, 0.717) is 36.3 Å². The summed E-state index contributed by atoms with van der Waals surface area (Å²) in [5.41, 5.74) is 7.01. The fraction of sp³-hybridized carbons (Fsp3) is 0.722. The predicted molar refractivity (Wildman–Crippen MR) is 109 cm³/mol. The summed E-state index contributed by atoms with van der Waals surface area (Å²) < 4.78 is 19.3. The largest absolute Gasteiger partial charge is 0.476 e. The minimum atomic E-state index is -1.63. The van der Waals surface area contributed by atoms with E-state index in [1.807, 2.05) is 11.5 Å². The molecule has 0 bridgehead atoms. The number of nitrogen functional groups attached to an aromatic ring is 1. The maximum Gasteiger partial charge on any atom is 0.253 e. The molecular weight excluding hydrogens is 395 g/mol. The molecule has 1 aliphatic carbocycles. The topological polar surface area (TPSA) is 130 Å². The normalized spacial score (nSPS) is 26.4. The number of ether oxygens (including phenoxy) is 2. The molecule has 10 nitrogen and oxygen atoms in total. The van der Waals surface area contributed by atoms with Crippen LogP contribution in [0, 0.1) is 5.92 Å². The van der Waals surface area contributed by atoms with Gasteiger partial charge in [-0.05, 0) is 26.2 Å². The molecule has 1 aliphatic heterocycles. The fourth-order valence-corrected chi connectivity index (χ4v) is 5.05. The molecule has 0 amide bonds. The van der Waals surface area contributed by atoms with E-state index in [0.717, 1.165) is 19.3 Å². The van der Waals surface area contributed by atoms with Crippen LogP contribution in [0.3, 0.4) is 0 Å². The zero-order chi connectivity index (χ0) is 20.4. The van der Waals surface area contributed by atoms with Gasteiger partial charge in [-0.1, -0.05) is 19.8 Å². The quantitative estimate of drug-likeness (QED) is 0.547. The Kier molecular flexibility index (Phi) is 6.46. The number of hydrogen-bond acceptors (Lipinski definition) is 9. The van der Waals surface area contributed by atoms with Gasteiger partial charge in [0.1, 0.15) is 6.23 Å². The maximum absolute atomic E-state index is 10.2. The standard InChI is InChI=1S/C18H29N6O4P/c1-3-26-16-14-15(21-18(19)22-16)24(10-20-14)17-11(2)8-13(28-17)9-27-29(25)23-12-6-4-5-7-12/h10-13,17,23,25H,3-9H2,1-2H3,(H2,19,21,22). The van der Waals surface area contributed by atoms with Crippen LogP contribution >= 0.6 is 8.53 Å². The molecule has 160 valence electrons. The van der Waals surface area contributed by atoms with Crippen LogP contribution in [-0.2, 0) is 9.26 Å². The highest BCUT2D eigenvalue weighted by Crippen LogP contribution is 2.39. The summed E-state index contributed by atoms with van der Waals surface area (Å²) >= 11 is 0. The van der Waals surface area contributed by atoms with Crippen LogP contribution < -0.4 is 15.6 Å². The molecule has 1 saturated heterocycles. The number of nitrogens with zero attached hydrogens (tertiary/aromatic N) is 4. The van der Waals surface area contributed by atoms with Gasteiger partial charge in [0.15, 0.2) is 11.2 Å². The molecule has 2 fully saturated rings. The average molecular weight is 424 g/mol. The van der Waals surface area contributed by atoms with Gasteiger partial charge < -0.3 is 24.6 Å². The first-order valence-electron chi connectivity index (χ1n) is 10.2. The van der Waals surface area contributed by atoms with Crippen molar-refractivity contribution < 1.29 is 18.9 Å². The van der Waals surface area contributed by atoms with E-state index in [4.69, 9.17) is 19.7 Å². The first-order valence-corrected chi connectivity index (χ1v) is 11.4. The Labute approximate surface area is 171 Å². The van der Waals surface area contributed by atoms with Crippen molar-refractivity contribution in [1.82, 2.24) is 24.6 Å². The molecule has 4 unspecified atom stereocenters. The van der Waals surface area contributed by atoms with Crippen molar-refractivity contribution in [2.75, 3.05) is 18.9 Å².